The van der Waals surface area contributed by atoms with Crippen LogP contribution in [0.15, 0.2) is 12.5 Å². The molecule has 0 bridgehead atoms. The zero-order valence-electron chi connectivity index (χ0n) is 52.7. The number of carboxylic acids is 1. The molecule has 0 spiro atoms. The quantitative estimate of drug-likeness (QED) is 0.0271. The third kappa shape index (κ3) is 26.5. The minimum atomic E-state index is -1.82. The van der Waals surface area contributed by atoms with Gasteiger partial charge in [-0.2, -0.15) is 11.8 Å². The number of hydrogen-bond donors (Lipinski definition) is 17. The van der Waals surface area contributed by atoms with Gasteiger partial charge in [-0.3, -0.25) is 71.9 Å². The van der Waals surface area contributed by atoms with Crippen LogP contribution >= 0.6 is 11.8 Å². The molecule has 22 N–H and O–H groups in total. The van der Waals surface area contributed by atoms with Crippen LogP contribution in [0, 0.1) is 11.8 Å². The van der Waals surface area contributed by atoms with Crippen LogP contribution in [0.5, 0.6) is 0 Å². The Morgan fingerprint density at radius 2 is 1.18 bits per heavy atom. The number of hydrogen-bond acceptors (Lipinski definition) is 19. The molecule has 2 rings (SSSR count). The van der Waals surface area contributed by atoms with Gasteiger partial charge in [-0.15, -0.1) is 0 Å². The summed E-state index contributed by atoms with van der Waals surface area (Å²) in [7, 11) is 0. The zero-order chi connectivity index (χ0) is 68.7. The van der Waals surface area contributed by atoms with Gasteiger partial charge < -0.3 is 96.8 Å². The molecule has 0 saturated carbocycles. The number of rotatable bonds is 43. The number of amides is 14. The van der Waals surface area contributed by atoms with Crippen LogP contribution in [-0.4, -0.2) is 207 Å². The van der Waals surface area contributed by atoms with E-state index in [9.17, 15) is 77.0 Å². The Hall–Kier alpha value is -8.47. The van der Waals surface area contributed by atoms with Crippen LogP contribution < -0.4 is 81.8 Å². The van der Waals surface area contributed by atoms with Gasteiger partial charge in [-0.25, -0.2) is 4.98 Å². The van der Waals surface area contributed by atoms with Crippen LogP contribution in [0.4, 0.5) is 0 Å². The maximum atomic E-state index is 14.9. The van der Waals surface area contributed by atoms with Crippen molar-refractivity contribution in [3.8, 4) is 0 Å². The number of primary amides is 3. The van der Waals surface area contributed by atoms with E-state index in [0.29, 0.717) is 37.1 Å². The predicted molar refractivity (Wildman–Crippen MR) is 330 cm³/mol. The molecule has 0 radical (unpaired) electrons. The number of H-pyrrole nitrogens is 1. The molecule has 2 heterocycles. The van der Waals surface area contributed by atoms with Crippen molar-refractivity contribution >= 4 is 100 Å². The molecule has 1 aromatic rings. The molecular formula is C56H94N18O16S. The molecule has 510 valence electrons. The molecule has 35 heteroatoms. The minimum Gasteiger partial charge on any atom is -0.481 e. The van der Waals surface area contributed by atoms with Gasteiger partial charge >= 0.3 is 5.97 Å². The second-order valence-electron chi connectivity index (χ2n) is 22.6. The fourth-order valence-corrected chi connectivity index (χ4v) is 10.1. The van der Waals surface area contributed by atoms with Gasteiger partial charge in [-0.05, 0) is 88.7 Å². The second kappa shape index (κ2) is 39.6. The number of thioether (sulfide) groups is 1. The highest BCUT2D eigenvalue weighted by molar-refractivity contribution is 7.98. The van der Waals surface area contributed by atoms with Crippen LogP contribution in [0.1, 0.15) is 131 Å². The van der Waals surface area contributed by atoms with Gasteiger partial charge in [0.05, 0.1) is 19.3 Å². The monoisotopic (exact) mass is 1310 g/mol. The fraction of sp³-hybridized carbons (Fsp3) is 0.679. The largest absolute Gasteiger partial charge is 0.481 e. The lowest BCUT2D eigenvalue weighted by Gasteiger charge is -2.37. The number of carboxylic acid groups (broad SMARTS) is 1. The number of unbranched alkanes of at least 4 members (excludes halogenated alkanes) is 1. The number of likely N-dealkylation sites (tertiary alicyclic amines) is 1. The summed E-state index contributed by atoms with van der Waals surface area (Å²) in [4.78, 5) is 207. The van der Waals surface area contributed by atoms with Crippen LogP contribution in [0.2, 0.25) is 0 Å². The number of carbonyl (C=O) groups is 15. The van der Waals surface area contributed by atoms with E-state index in [-0.39, 0.29) is 51.7 Å². The van der Waals surface area contributed by atoms with E-state index in [4.69, 9.17) is 28.7 Å². The molecule has 0 unspecified atom stereocenters. The highest BCUT2D eigenvalue weighted by Gasteiger charge is 2.49. The summed E-state index contributed by atoms with van der Waals surface area (Å²) >= 11 is 1.44. The van der Waals surface area contributed by atoms with Gasteiger partial charge in [0.25, 0.3) is 0 Å². The molecule has 34 nitrogen and oxygen atoms in total. The van der Waals surface area contributed by atoms with E-state index >= 15 is 0 Å². The minimum absolute atomic E-state index is 0.0163. The molecule has 1 aromatic heterocycles. The summed E-state index contributed by atoms with van der Waals surface area (Å²) in [5.74, 6) is -14.5. The summed E-state index contributed by atoms with van der Waals surface area (Å²) < 4.78 is 0. The number of nitrogens with two attached hydrogens (primary N) is 5. The van der Waals surface area contributed by atoms with E-state index < -0.39 is 199 Å². The Bertz CT molecular complexity index is 2710. The molecule has 1 saturated heterocycles. The standard InChI is InChI=1S/C56H94N18O16S/c1-8-29(3)44(46(61)81)72-51(86)38(24-43(79)80)69-48(83)34(15-17-41(60)77)66-42(78)27-63-47(82)33(14-16-40(59)76)67-50(85)37(23-32-26-62-28-64-32)71-55(90)56(6)19-12-21-74(56)54(89)36(13-10-11-20-57)68-53(88)45(30(4)9-2)73-52(87)39(25-58)70-49(84)35(18-22-91-7)65-31(5)75/h26,28-30,33-39,44-45H,8-25,27,57-58H2,1-7H3,(H2,59,76)(H2,60,77)(H2,61,81)(H,62,64)(H,63,82)(H,65,75)(H,66,78)(H,67,85)(H,68,88)(H,69,83)(H,70,84)(H,71,90)(H,72,86)(H,73,87)(H,79,80)/t29-,30-,33-,34-,35-,36-,37-,38-,39-,44-,45-,56-/m0/s1. The molecule has 1 aliphatic rings. The highest BCUT2D eigenvalue weighted by Crippen LogP contribution is 2.31. The topological polar surface area (TPSA) is 559 Å². The summed E-state index contributed by atoms with van der Waals surface area (Å²) in [5.41, 5.74) is 26.6. The van der Waals surface area contributed by atoms with Crippen molar-refractivity contribution in [3.63, 3.8) is 0 Å². The van der Waals surface area contributed by atoms with E-state index in [1.54, 1.807) is 27.7 Å². The third-order valence-electron chi connectivity index (χ3n) is 15.4. The Balaban J connectivity index is 2.43. The lowest BCUT2D eigenvalue weighted by Crippen LogP contribution is -2.64. The lowest BCUT2D eigenvalue weighted by molar-refractivity contribution is -0.147. The van der Waals surface area contributed by atoms with Gasteiger partial charge in [0.1, 0.15) is 59.9 Å². The van der Waals surface area contributed by atoms with E-state index in [1.807, 2.05) is 6.26 Å². The van der Waals surface area contributed by atoms with Gasteiger partial charge in [0.2, 0.25) is 82.7 Å². The SMILES string of the molecule is CC[C@H](C)[C@H](NC(=O)[C@H](CC(=O)O)NC(=O)[C@H](CCC(N)=O)NC(=O)CNC(=O)[C@H](CCC(N)=O)NC(=O)[C@H](Cc1cnc[nH]1)NC(=O)[C@]1(C)CCCN1C(=O)[C@H](CCCCN)NC(=O)[C@@H](NC(=O)[C@H](CN)NC(=O)[C@H](CCSC)NC(C)=O)[C@@H](C)CC)C(N)=O. The Labute approximate surface area is 531 Å². The van der Waals surface area contributed by atoms with Gasteiger partial charge in [0, 0.05) is 51.2 Å². The van der Waals surface area contributed by atoms with Gasteiger partial charge in [0.15, 0.2) is 0 Å². The van der Waals surface area contributed by atoms with E-state index in [0.717, 1.165) is 0 Å². The average molecular weight is 1310 g/mol. The Morgan fingerprint density at radius 1 is 0.648 bits per heavy atom. The number of aromatic amines is 1. The molecule has 1 aliphatic heterocycles. The van der Waals surface area contributed by atoms with Crippen molar-refractivity contribution in [2.45, 2.75) is 191 Å². The summed E-state index contributed by atoms with van der Waals surface area (Å²) in [6.07, 6.45) is 3.42. The number of carbonyl (C=O) groups excluding carboxylic acids is 14. The first kappa shape index (κ1) is 78.6. The molecule has 12 atom stereocenters. The lowest BCUT2D eigenvalue weighted by atomic mass is 9.94. The molecule has 91 heavy (non-hydrogen) atoms. The first-order chi connectivity index (χ1) is 42.9. The number of aliphatic carboxylic acids is 1. The molecule has 14 amide bonds. The number of aromatic nitrogens is 2. The van der Waals surface area contributed by atoms with Crippen LogP contribution in [0.25, 0.3) is 0 Å². The average Bonchev–Trinajstić information content (AvgIpc) is 1.77. The molecule has 0 aliphatic carbocycles. The number of imidazole rings is 1. The fourth-order valence-electron chi connectivity index (χ4n) is 9.66. The van der Waals surface area contributed by atoms with Crippen molar-refractivity contribution in [1.29, 1.82) is 0 Å². The van der Waals surface area contributed by atoms with Crippen molar-refractivity contribution in [2.24, 2.45) is 40.5 Å². The summed E-state index contributed by atoms with van der Waals surface area (Å²) in [5, 5.41) is 34.4. The van der Waals surface area contributed by atoms with E-state index in [1.165, 1.54) is 43.0 Å². The molecular weight excluding hydrogens is 1210 g/mol. The maximum absolute atomic E-state index is 14.9. The maximum Gasteiger partial charge on any atom is 0.305 e. The van der Waals surface area contributed by atoms with Crippen molar-refractivity contribution in [1.82, 2.24) is 68.0 Å². The number of nitrogens with one attached hydrogen (secondary N) is 11. The Morgan fingerprint density at radius 3 is 1.70 bits per heavy atom. The number of nitrogens with zero attached hydrogens (tertiary/aromatic N) is 2. The molecule has 1 fully saturated rings. The van der Waals surface area contributed by atoms with Crippen molar-refractivity contribution < 1.29 is 77.0 Å². The predicted octanol–water partition coefficient (Wildman–Crippen LogP) is -5.74. The molecule has 0 aromatic carbocycles. The summed E-state index contributed by atoms with van der Waals surface area (Å²) in [6.45, 7) is 8.43. The van der Waals surface area contributed by atoms with Crippen LogP contribution in [0.3, 0.4) is 0 Å². The van der Waals surface area contributed by atoms with Crippen LogP contribution in [-0.2, 0) is 78.3 Å². The van der Waals surface area contributed by atoms with Crippen molar-refractivity contribution in [3.05, 3.63) is 18.2 Å². The second-order valence-corrected chi connectivity index (χ2v) is 23.6. The normalized spacial score (nSPS) is 17.2. The first-order valence-corrected chi connectivity index (χ1v) is 31.5. The Kier molecular flexibility index (Phi) is 34.2. The third-order valence-corrected chi connectivity index (χ3v) is 16.1. The zero-order valence-corrected chi connectivity index (χ0v) is 53.5. The van der Waals surface area contributed by atoms with Gasteiger partial charge in [-0.1, -0.05) is 40.5 Å². The highest BCUT2D eigenvalue weighted by atomic mass is 32.2. The van der Waals surface area contributed by atoms with E-state index in [2.05, 4.69) is 63.1 Å². The first-order valence-electron chi connectivity index (χ1n) is 30.1. The smallest absolute Gasteiger partial charge is 0.305 e. The van der Waals surface area contributed by atoms with Crippen molar-refractivity contribution in [2.75, 3.05) is 38.2 Å². The summed E-state index contributed by atoms with van der Waals surface area (Å²) in [6, 6.07) is -12.8.